The van der Waals surface area contributed by atoms with Gasteiger partial charge >= 0.3 is 11.9 Å². The van der Waals surface area contributed by atoms with E-state index in [0.29, 0.717) is 25.9 Å². The van der Waals surface area contributed by atoms with E-state index in [1.807, 2.05) is 4.90 Å². The van der Waals surface area contributed by atoms with E-state index >= 15 is 0 Å². The molecule has 0 atom stereocenters. The van der Waals surface area contributed by atoms with Gasteiger partial charge in [-0.3, -0.25) is 14.5 Å². The zero-order valence-electron chi connectivity index (χ0n) is 24.1. The van der Waals surface area contributed by atoms with Crippen LogP contribution >= 0.6 is 0 Å². The number of amides is 2. The van der Waals surface area contributed by atoms with E-state index in [-0.39, 0.29) is 63.6 Å². The number of piperidine rings is 1. The molecule has 0 aliphatic carbocycles. The minimum Gasteiger partial charge on any atom is -0.493 e. The second-order valence-electron chi connectivity index (χ2n) is 9.22. The molecule has 2 amide bonds. The molecule has 4 N–H and O–H groups in total. The standard InChI is InChI=1S/C28H33N5O10/c1-40-19-7-5-17(22(27(36)37)24(19)42-3)13-29-31-21(34)15-33-11-9-16(10-12-33)26(35)32-30-14-18-6-8-20(41-2)25(43-4)23(18)28(38)39/h5-8,13-14,16H,9-12,15H2,1-4H3,(H,31,34)(H,32,35)(H,36,37)(H,38,39)/b29-13-,30-14-. The molecule has 1 heterocycles. The van der Waals surface area contributed by atoms with Crippen molar-refractivity contribution < 1.29 is 48.3 Å². The molecule has 43 heavy (non-hydrogen) atoms. The number of ether oxygens (including phenoxy) is 4. The number of aromatic carboxylic acids is 2. The van der Waals surface area contributed by atoms with Gasteiger partial charge in [-0.15, -0.1) is 0 Å². The van der Waals surface area contributed by atoms with Crippen LogP contribution in [-0.2, 0) is 9.59 Å². The number of carboxylic acids is 2. The second kappa shape index (κ2) is 15.2. The van der Waals surface area contributed by atoms with Crippen LogP contribution in [0.25, 0.3) is 0 Å². The summed E-state index contributed by atoms with van der Waals surface area (Å²) in [5, 5.41) is 27.0. The van der Waals surface area contributed by atoms with E-state index < -0.39 is 17.8 Å². The van der Waals surface area contributed by atoms with Crippen molar-refractivity contribution in [3.8, 4) is 23.0 Å². The van der Waals surface area contributed by atoms with Crippen LogP contribution in [-0.4, -0.2) is 99.4 Å². The van der Waals surface area contributed by atoms with Gasteiger partial charge < -0.3 is 29.2 Å². The third-order valence-corrected chi connectivity index (χ3v) is 6.68. The van der Waals surface area contributed by atoms with Crippen LogP contribution in [0.1, 0.15) is 44.7 Å². The van der Waals surface area contributed by atoms with Crippen LogP contribution in [0.2, 0.25) is 0 Å². The van der Waals surface area contributed by atoms with Gasteiger partial charge in [0.15, 0.2) is 23.0 Å². The van der Waals surface area contributed by atoms with Crippen LogP contribution in [0, 0.1) is 5.92 Å². The Morgan fingerprint density at radius 3 is 1.67 bits per heavy atom. The molecule has 1 saturated heterocycles. The molecule has 3 rings (SSSR count). The van der Waals surface area contributed by atoms with E-state index in [1.54, 1.807) is 0 Å². The van der Waals surface area contributed by atoms with Gasteiger partial charge in [0.25, 0.3) is 5.91 Å². The zero-order valence-corrected chi connectivity index (χ0v) is 24.1. The van der Waals surface area contributed by atoms with Gasteiger partial charge in [-0.05, 0) is 50.2 Å². The van der Waals surface area contributed by atoms with E-state index in [4.69, 9.17) is 18.9 Å². The summed E-state index contributed by atoms with van der Waals surface area (Å²) < 4.78 is 20.6. The maximum atomic E-state index is 12.6. The summed E-state index contributed by atoms with van der Waals surface area (Å²) in [4.78, 5) is 50.4. The fourth-order valence-corrected chi connectivity index (χ4v) is 4.56. The van der Waals surface area contributed by atoms with E-state index in [1.165, 1.54) is 65.1 Å². The van der Waals surface area contributed by atoms with Crippen LogP contribution in [0.3, 0.4) is 0 Å². The average Bonchev–Trinajstić information content (AvgIpc) is 3.00. The highest BCUT2D eigenvalue weighted by Gasteiger charge is 2.26. The Balaban J connectivity index is 1.51. The summed E-state index contributed by atoms with van der Waals surface area (Å²) in [7, 11) is 5.43. The highest BCUT2D eigenvalue weighted by Crippen LogP contribution is 2.34. The Morgan fingerprint density at radius 1 is 0.791 bits per heavy atom. The van der Waals surface area contributed by atoms with Crippen LogP contribution < -0.4 is 29.8 Å². The number of methoxy groups -OCH3 is 4. The van der Waals surface area contributed by atoms with Crippen molar-refractivity contribution in [1.29, 1.82) is 0 Å². The van der Waals surface area contributed by atoms with Crippen molar-refractivity contribution >= 4 is 36.2 Å². The number of likely N-dealkylation sites (tertiary alicyclic amines) is 1. The Hall–Kier alpha value is -5.18. The van der Waals surface area contributed by atoms with Crippen molar-refractivity contribution in [2.75, 3.05) is 48.1 Å². The zero-order chi connectivity index (χ0) is 31.5. The minimum absolute atomic E-state index is 0.0266. The molecule has 0 bridgehead atoms. The molecule has 1 fully saturated rings. The van der Waals surface area contributed by atoms with Crippen molar-refractivity contribution in [1.82, 2.24) is 15.8 Å². The lowest BCUT2D eigenvalue weighted by Crippen LogP contribution is -2.43. The van der Waals surface area contributed by atoms with Gasteiger partial charge in [-0.2, -0.15) is 10.2 Å². The summed E-state index contributed by atoms with van der Waals surface area (Å²) in [6, 6.07) is 6.05. The maximum Gasteiger partial charge on any atom is 0.340 e. The Morgan fingerprint density at radius 2 is 1.26 bits per heavy atom. The first-order valence-electron chi connectivity index (χ1n) is 13.0. The number of nitrogens with one attached hydrogen (secondary N) is 2. The third-order valence-electron chi connectivity index (χ3n) is 6.68. The third kappa shape index (κ3) is 7.97. The van der Waals surface area contributed by atoms with E-state index in [9.17, 15) is 29.4 Å². The predicted molar refractivity (Wildman–Crippen MR) is 154 cm³/mol. The molecular formula is C28H33N5O10. The second-order valence-corrected chi connectivity index (χ2v) is 9.22. The fraction of sp³-hybridized carbons (Fsp3) is 0.357. The summed E-state index contributed by atoms with van der Waals surface area (Å²) in [6.45, 7) is 0.964. The number of carbonyl (C=O) groups excluding carboxylic acids is 2. The molecule has 15 nitrogen and oxygen atoms in total. The molecule has 2 aromatic rings. The van der Waals surface area contributed by atoms with Crippen molar-refractivity contribution in [2.24, 2.45) is 16.1 Å². The molecular weight excluding hydrogens is 566 g/mol. The van der Waals surface area contributed by atoms with Gasteiger partial charge in [-0.1, -0.05) is 0 Å². The monoisotopic (exact) mass is 599 g/mol. The molecule has 230 valence electrons. The quantitative estimate of drug-likeness (QED) is 0.192. The molecule has 1 aliphatic heterocycles. The summed E-state index contributed by atoms with van der Waals surface area (Å²) in [6.07, 6.45) is 3.39. The molecule has 15 heteroatoms. The first kappa shape index (κ1) is 32.3. The number of rotatable bonds is 13. The van der Waals surface area contributed by atoms with Crippen molar-refractivity contribution in [2.45, 2.75) is 12.8 Å². The smallest absolute Gasteiger partial charge is 0.340 e. The lowest BCUT2D eigenvalue weighted by Gasteiger charge is -2.30. The maximum absolute atomic E-state index is 12.6. The summed E-state index contributed by atoms with van der Waals surface area (Å²) in [5.41, 5.74) is 4.96. The summed E-state index contributed by atoms with van der Waals surface area (Å²) in [5.74, 6) is -3.00. The van der Waals surface area contributed by atoms with Crippen molar-refractivity contribution in [3.05, 3.63) is 46.5 Å². The fourth-order valence-electron chi connectivity index (χ4n) is 4.56. The number of nitrogens with zero attached hydrogens (tertiary/aromatic N) is 3. The normalized spacial score (nSPS) is 14.0. The highest BCUT2D eigenvalue weighted by atomic mass is 16.5. The van der Waals surface area contributed by atoms with Gasteiger partial charge in [0.2, 0.25) is 5.91 Å². The minimum atomic E-state index is -1.24. The van der Waals surface area contributed by atoms with Crippen LogP contribution in [0.15, 0.2) is 34.5 Å². The predicted octanol–water partition coefficient (Wildman–Crippen LogP) is 1.43. The Labute approximate surface area is 247 Å². The van der Waals surface area contributed by atoms with Crippen molar-refractivity contribution in [3.63, 3.8) is 0 Å². The van der Waals surface area contributed by atoms with E-state index in [0.717, 1.165) is 0 Å². The Bertz CT molecular complexity index is 1420. The van der Waals surface area contributed by atoms with Crippen LogP contribution in [0.5, 0.6) is 23.0 Å². The SMILES string of the molecule is COc1ccc(/C=N\NC(=O)CN2CCC(C(=O)N/N=C\c3ccc(OC)c(OC)c3C(=O)O)CC2)c(C(=O)O)c1OC. The molecule has 1 aliphatic rings. The van der Waals surface area contributed by atoms with Gasteiger partial charge in [0.1, 0.15) is 11.1 Å². The number of hydrazone groups is 2. The number of hydrogen-bond donors (Lipinski definition) is 4. The first-order valence-corrected chi connectivity index (χ1v) is 13.0. The summed E-state index contributed by atoms with van der Waals surface area (Å²) >= 11 is 0. The Kier molecular flexibility index (Phi) is 11.4. The highest BCUT2D eigenvalue weighted by molar-refractivity contribution is 6.03. The number of carboxylic acid groups (broad SMARTS) is 2. The van der Waals surface area contributed by atoms with E-state index in [2.05, 4.69) is 21.1 Å². The number of carbonyl (C=O) groups is 4. The largest absolute Gasteiger partial charge is 0.493 e. The number of benzene rings is 2. The first-order chi connectivity index (χ1) is 20.6. The van der Waals surface area contributed by atoms with Gasteiger partial charge in [-0.25, -0.2) is 20.4 Å². The average molecular weight is 600 g/mol. The topological polar surface area (TPSA) is 198 Å². The molecule has 0 radical (unpaired) electrons. The molecule has 0 saturated carbocycles. The molecule has 0 spiro atoms. The molecule has 2 aromatic carbocycles. The van der Waals surface area contributed by atoms with Gasteiger partial charge in [0, 0.05) is 17.0 Å². The molecule has 0 unspecified atom stereocenters. The molecule has 0 aromatic heterocycles. The lowest BCUT2D eigenvalue weighted by atomic mass is 9.96. The lowest BCUT2D eigenvalue weighted by molar-refractivity contribution is -0.126. The number of hydrogen-bond acceptors (Lipinski definition) is 11. The van der Waals surface area contributed by atoms with Gasteiger partial charge in [0.05, 0.1) is 47.4 Å². The van der Waals surface area contributed by atoms with Crippen LogP contribution in [0.4, 0.5) is 0 Å².